The number of nitrogens with zero attached hydrogens (tertiary/aromatic N) is 1. The van der Waals surface area contributed by atoms with Crippen LogP contribution in [0.5, 0.6) is 5.75 Å². The second-order valence-electron chi connectivity index (χ2n) is 5.48. The third-order valence-corrected chi connectivity index (χ3v) is 3.71. The summed E-state index contributed by atoms with van der Waals surface area (Å²) in [6.07, 6.45) is 5.86. The lowest BCUT2D eigenvalue weighted by Crippen LogP contribution is -2.37. The van der Waals surface area contributed by atoms with Gasteiger partial charge in [-0.05, 0) is 32.4 Å². The molecule has 1 saturated heterocycles. The van der Waals surface area contributed by atoms with Crippen molar-refractivity contribution >= 4 is 0 Å². The van der Waals surface area contributed by atoms with Gasteiger partial charge in [0.1, 0.15) is 12.0 Å². The van der Waals surface area contributed by atoms with Gasteiger partial charge in [-0.2, -0.15) is 0 Å². The molecule has 2 N–H and O–H groups in total. The fourth-order valence-electron chi connectivity index (χ4n) is 2.59. The largest absolute Gasteiger partial charge is 0.502 e. The number of hydrogen-bond donors (Lipinski definition) is 2. The average Bonchev–Trinajstić information content (AvgIpc) is 2.93. The molecule has 0 radical (unpaired) electrons. The molecule has 1 aliphatic heterocycles. The van der Waals surface area contributed by atoms with Crippen molar-refractivity contribution in [1.82, 2.24) is 10.2 Å². The third kappa shape index (κ3) is 4.35. The first-order valence-electron chi connectivity index (χ1n) is 7.45. The molecular weight excluding hydrogens is 256 g/mol. The van der Waals surface area contributed by atoms with Crippen LogP contribution in [0.4, 0.5) is 0 Å². The summed E-state index contributed by atoms with van der Waals surface area (Å²) in [5.74, 6) is 0.285. The predicted octanol–water partition coefficient (Wildman–Crippen LogP) is 1.70. The van der Waals surface area contributed by atoms with Crippen molar-refractivity contribution in [2.45, 2.75) is 45.2 Å². The number of unbranched alkanes of at least 4 members (excludes halogenated alkanes) is 1. The van der Waals surface area contributed by atoms with Crippen LogP contribution >= 0.6 is 0 Å². The summed E-state index contributed by atoms with van der Waals surface area (Å²) in [6, 6.07) is 1.92. The maximum Gasteiger partial charge on any atom is 0.226 e. The zero-order valence-corrected chi connectivity index (χ0v) is 12.1. The predicted molar refractivity (Wildman–Crippen MR) is 77.9 cm³/mol. The molecule has 1 fully saturated rings. The van der Waals surface area contributed by atoms with Crippen LogP contribution in [0.25, 0.3) is 0 Å². The minimum atomic E-state index is -0.374. The highest BCUT2D eigenvalue weighted by molar-refractivity contribution is 5.15. The minimum Gasteiger partial charge on any atom is -0.502 e. The Morgan fingerprint density at radius 2 is 2.40 bits per heavy atom. The minimum absolute atomic E-state index is 0.327. The number of aromatic hydroxyl groups is 1. The van der Waals surface area contributed by atoms with E-state index in [4.69, 9.17) is 4.42 Å². The van der Waals surface area contributed by atoms with Crippen molar-refractivity contribution in [2.75, 3.05) is 19.6 Å². The van der Waals surface area contributed by atoms with Gasteiger partial charge in [-0.15, -0.1) is 0 Å². The topological polar surface area (TPSA) is 65.7 Å². The first kappa shape index (κ1) is 15.1. The van der Waals surface area contributed by atoms with Gasteiger partial charge >= 0.3 is 0 Å². The van der Waals surface area contributed by atoms with Crippen molar-refractivity contribution in [3.63, 3.8) is 0 Å². The van der Waals surface area contributed by atoms with Crippen molar-refractivity contribution in [3.8, 4) is 5.75 Å². The van der Waals surface area contributed by atoms with Crippen LogP contribution in [0.2, 0.25) is 0 Å². The molecule has 0 aliphatic carbocycles. The molecule has 2 heterocycles. The average molecular weight is 280 g/mol. The van der Waals surface area contributed by atoms with E-state index in [1.54, 1.807) is 0 Å². The summed E-state index contributed by atoms with van der Waals surface area (Å²) in [4.78, 5) is 13.8. The van der Waals surface area contributed by atoms with Gasteiger partial charge in [0.05, 0.1) is 6.54 Å². The maximum absolute atomic E-state index is 11.4. The lowest BCUT2D eigenvalue weighted by Gasteiger charge is -2.24. The standard InChI is InChI=1S/C15H24N2O3/c1-2-3-7-17(9-12-5-4-6-16-12)10-13-8-14(18)15(19)11-20-13/h8,11-12,16,19H,2-7,9-10H2,1H3. The van der Waals surface area contributed by atoms with Crippen molar-refractivity contribution in [1.29, 1.82) is 0 Å². The van der Waals surface area contributed by atoms with Gasteiger partial charge < -0.3 is 14.8 Å². The highest BCUT2D eigenvalue weighted by Crippen LogP contribution is 2.12. The molecule has 5 nitrogen and oxygen atoms in total. The van der Waals surface area contributed by atoms with Gasteiger partial charge in [-0.25, -0.2) is 0 Å². The SMILES string of the molecule is CCCCN(Cc1cc(=O)c(O)co1)CC1CCCN1. The molecule has 0 amide bonds. The van der Waals surface area contributed by atoms with Gasteiger partial charge in [-0.1, -0.05) is 13.3 Å². The number of nitrogens with one attached hydrogen (secondary N) is 1. The Bertz CT molecular complexity index is 466. The molecule has 0 bridgehead atoms. The van der Waals surface area contributed by atoms with Gasteiger partial charge in [0.15, 0.2) is 5.75 Å². The van der Waals surface area contributed by atoms with Crippen LogP contribution in [0.15, 0.2) is 21.5 Å². The summed E-state index contributed by atoms with van der Waals surface area (Å²) in [5.41, 5.74) is -0.374. The normalized spacial score (nSPS) is 18.8. The Balaban J connectivity index is 1.97. The molecule has 1 atom stereocenters. The first-order chi connectivity index (χ1) is 9.69. The van der Waals surface area contributed by atoms with Crippen LogP contribution in [-0.4, -0.2) is 35.7 Å². The fourth-order valence-corrected chi connectivity index (χ4v) is 2.59. The van der Waals surface area contributed by atoms with Crippen LogP contribution in [0.1, 0.15) is 38.4 Å². The summed E-state index contributed by atoms with van der Waals surface area (Å²) < 4.78 is 5.30. The van der Waals surface area contributed by atoms with E-state index in [1.165, 1.54) is 18.9 Å². The zero-order valence-electron chi connectivity index (χ0n) is 12.1. The smallest absolute Gasteiger partial charge is 0.226 e. The van der Waals surface area contributed by atoms with Gasteiger partial charge in [0, 0.05) is 18.7 Å². The molecule has 1 unspecified atom stereocenters. The lowest BCUT2D eigenvalue weighted by molar-refractivity contribution is 0.217. The van der Waals surface area contributed by atoms with Crippen LogP contribution in [0, 0.1) is 0 Å². The Morgan fingerprint density at radius 3 is 3.05 bits per heavy atom. The highest BCUT2D eigenvalue weighted by atomic mass is 16.4. The third-order valence-electron chi connectivity index (χ3n) is 3.71. The lowest BCUT2D eigenvalue weighted by atomic mass is 10.2. The molecule has 5 heteroatoms. The molecule has 20 heavy (non-hydrogen) atoms. The van der Waals surface area contributed by atoms with E-state index >= 15 is 0 Å². The van der Waals surface area contributed by atoms with E-state index in [-0.39, 0.29) is 11.2 Å². The second kappa shape index (κ2) is 7.45. The van der Waals surface area contributed by atoms with Gasteiger partial charge in [-0.3, -0.25) is 9.69 Å². The van der Waals surface area contributed by atoms with Gasteiger partial charge in [0.2, 0.25) is 5.43 Å². The molecule has 1 aromatic rings. The second-order valence-corrected chi connectivity index (χ2v) is 5.48. The highest BCUT2D eigenvalue weighted by Gasteiger charge is 2.18. The van der Waals surface area contributed by atoms with E-state index in [9.17, 15) is 9.90 Å². The quantitative estimate of drug-likeness (QED) is 0.796. The number of hydrogen-bond acceptors (Lipinski definition) is 5. The van der Waals surface area contributed by atoms with E-state index < -0.39 is 0 Å². The van der Waals surface area contributed by atoms with E-state index in [0.29, 0.717) is 18.3 Å². The molecular formula is C15H24N2O3. The molecule has 0 saturated carbocycles. The van der Waals surface area contributed by atoms with Crippen molar-refractivity contribution in [3.05, 3.63) is 28.3 Å². The molecule has 0 aromatic carbocycles. The summed E-state index contributed by atoms with van der Waals surface area (Å²) in [6.45, 7) is 5.87. The van der Waals surface area contributed by atoms with Crippen molar-refractivity contribution < 1.29 is 9.52 Å². The van der Waals surface area contributed by atoms with Crippen molar-refractivity contribution in [2.24, 2.45) is 0 Å². The Morgan fingerprint density at radius 1 is 1.55 bits per heavy atom. The van der Waals surface area contributed by atoms with E-state index in [1.807, 2.05) is 0 Å². The first-order valence-corrected chi connectivity index (χ1v) is 7.45. The molecule has 2 rings (SSSR count). The van der Waals surface area contributed by atoms with Crippen LogP contribution < -0.4 is 10.7 Å². The summed E-state index contributed by atoms with van der Waals surface area (Å²) >= 11 is 0. The number of rotatable bonds is 7. The van der Waals surface area contributed by atoms with Crippen LogP contribution in [0.3, 0.4) is 0 Å². The monoisotopic (exact) mass is 280 g/mol. The molecule has 0 spiro atoms. The fraction of sp³-hybridized carbons (Fsp3) is 0.667. The Hall–Kier alpha value is -1.33. The van der Waals surface area contributed by atoms with E-state index in [0.717, 1.165) is 38.7 Å². The Kier molecular flexibility index (Phi) is 5.61. The Labute approximate surface area is 119 Å². The molecule has 1 aliphatic rings. The maximum atomic E-state index is 11.4. The summed E-state index contributed by atoms with van der Waals surface area (Å²) in [7, 11) is 0. The summed E-state index contributed by atoms with van der Waals surface area (Å²) in [5, 5.41) is 12.7. The van der Waals surface area contributed by atoms with E-state index in [2.05, 4.69) is 17.1 Å². The zero-order chi connectivity index (χ0) is 14.4. The van der Waals surface area contributed by atoms with Crippen LogP contribution in [-0.2, 0) is 6.54 Å². The molecule has 112 valence electrons. The molecule has 1 aromatic heterocycles. The van der Waals surface area contributed by atoms with Gasteiger partial charge in [0.25, 0.3) is 0 Å².